The molecule has 0 saturated heterocycles. The van der Waals surface area contributed by atoms with Gasteiger partial charge in [-0.1, -0.05) is 0 Å². The van der Waals surface area contributed by atoms with E-state index in [2.05, 4.69) is 3.84 Å². The molecule has 0 fully saturated rings. The first kappa shape index (κ1) is 16.6. The van der Waals surface area contributed by atoms with Crippen LogP contribution < -0.4 is 9.32 Å². The molecule has 0 aromatic heterocycles. The van der Waals surface area contributed by atoms with Gasteiger partial charge in [0.25, 0.3) is 0 Å². The van der Waals surface area contributed by atoms with Crippen LogP contribution in [0.3, 0.4) is 0 Å². The fourth-order valence-electron chi connectivity index (χ4n) is 0.00972. The summed E-state index contributed by atoms with van der Waals surface area (Å²) in [5.41, 5.74) is 0. The maximum atomic E-state index is 8.93. The topological polar surface area (TPSA) is 55.3 Å². The van der Waals surface area contributed by atoms with Crippen molar-refractivity contribution in [1.29, 1.82) is 0 Å². The molecule has 0 unspecified atom stereocenters. The number of halogens is 2. The molecule has 0 aliphatic heterocycles. The first-order valence-electron chi connectivity index (χ1n) is 0.617. The van der Waals surface area contributed by atoms with E-state index in [0.717, 1.165) is 0 Å². The third-order valence-electron chi connectivity index (χ3n) is 0.0476. The number of hydrogen-bond acceptors (Lipinski definition) is 3. The van der Waals surface area contributed by atoms with Crippen molar-refractivity contribution in [2.75, 3.05) is 0 Å². The maximum absolute atomic E-state index is 8.93. The molecule has 0 amide bonds. The third kappa shape index (κ3) is 17.6. The van der Waals surface area contributed by atoms with Crippen LogP contribution in [-0.4, -0.2) is 80.9 Å². The van der Waals surface area contributed by atoms with Crippen LogP contribution in [-0.2, 0) is 3.84 Å². The summed E-state index contributed by atoms with van der Waals surface area (Å²) < 4.78 is 21.3. The smallest absolute Gasteiger partial charge is 0.400 e. The minimum atomic E-state index is 0. The van der Waals surface area contributed by atoms with Crippen molar-refractivity contribution >= 4 is 80.9 Å². The number of rotatable bonds is 2. The van der Waals surface area contributed by atoms with Gasteiger partial charge >= 0.3 is 104 Å². The predicted molar refractivity (Wildman–Crippen MR) is 15.4 cm³/mol. The molecule has 0 aliphatic rings. The van der Waals surface area contributed by atoms with E-state index in [9.17, 15) is 0 Å². The molecule has 0 saturated carbocycles. The molecule has 0 aromatic carbocycles. The minimum absolute atomic E-state index is 0. The van der Waals surface area contributed by atoms with Gasteiger partial charge in [-0.15, -0.1) is 0 Å². The molecule has 0 aliphatic carbocycles. The van der Waals surface area contributed by atoms with E-state index in [4.69, 9.17) is 9.32 Å². The molecule has 7 heteroatoms. The molecule has 0 aromatic rings. The predicted octanol–water partition coefficient (Wildman–Crippen LogP) is -3.74. The van der Waals surface area contributed by atoms with E-state index in [1.165, 1.54) is 0 Å². The zero-order valence-corrected chi connectivity index (χ0v) is 3.49. The van der Waals surface area contributed by atoms with Gasteiger partial charge in [0.15, 0.2) is 0 Å². The van der Waals surface area contributed by atoms with Crippen molar-refractivity contribution < 1.29 is 35.8 Å². The van der Waals surface area contributed by atoms with Gasteiger partial charge < -0.3 is 9.32 Å². The van der Waals surface area contributed by atoms with Crippen molar-refractivity contribution in [2.45, 2.75) is 0 Å². The summed E-state index contributed by atoms with van der Waals surface area (Å²) in [6.45, 7) is 0. The first-order chi connectivity index (χ1) is 2.41. The zero-order chi connectivity index (χ0) is 4.12. The largest absolute Gasteiger partial charge is 0.501 e. The second-order valence-electron chi connectivity index (χ2n) is 0.184. The van der Waals surface area contributed by atoms with E-state index >= 15 is 0 Å². The van der Waals surface area contributed by atoms with Gasteiger partial charge in [-0.25, -0.2) is 0 Å². The second kappa shape index (κ2) is 16.0. The van der Waals surface area contributed by atoms with Crippen LogP contribution in [0, 0.1) is 22.7 Å². The Hall–Kier alpha value is 3.10. The summed E-state index contributed by atoms with van der Waals surface area (Å²) in [4.78, 5) is 0. The summed E-state index contributed by atoms with van der Waals surface area (Å²) >= 11 is 0.299. The fourth-order valence-corrected chi connectivity index (χ4v) is 0.0875. The van der Waals surface area contributed by atoms with Gasteiger partial charge in [0, 0.05) is 0 Å². The molecule has 0 rings (SSSR count). The van der Waals surface area contributed by atoms with E-state index in [1.54, 1.807) is 0 Å². The SMILES string of the molecule is [KH].[NaH].[O-][Cl+]O[Cl+][O-]. The Balaban J connectivity index is -0.0000000800. The van der Waals surface area contributed by atoms with Crippen LogP contribution >= 0.6 is 0 Å². The van der Waals surface area contributed by atoms with Gasteiger partial charge in [-0.3, -0.25) is 0 Å². The molecule has 0 spiro atoms. The van der Waals surface area contributed by atoms with Crippen molar-refractivity contribution in [1.82, 2.24) is 0 Å². The fraction of sp³-hybridized carbons (Fsp3) is 0. The molecular formula is H2Cl2KNaO3. The van der Waals surface area contributed by atoms with Crippen LogP contribution in [0.25, 0.3) is 0 Å². The van der Waals surface area contributed by atoms with Crippen LogP contribution in [0.1, 0.15) is 0 Å². The Morgan fingerprint density at radius 3 is 1.43 bits per heavy atom. The monoisotopic (exact) mass is 182 g/mol. The summed E-state index contributed by atoms with van der Waals surface area (Å²) in [7, 11) is 0. The van der Waals surface area contributed by atoms with Crippen LogP contribution in [0.2, 0.25) is 0 Å². The summed E-state index contributed by atoms with van der Waals surface area (Å²) in [5.74, 6) is 0. The molecule has 7 heavy (non-hydrogen) atoms. The minimum Gasteiger partial charge on any atom is -0.501 e. The van der Waals surface area contributed by atoms with Crippen molar-refractivity contribution in [3.8, 4) is 0 Å². The van der Waals surface area contributed by atoms with Crippen molar-refractivity contribution in [3.05, 3.63) is 0 Å². The Morgan fingerprint density at radius 2 is 1.43 bits per heavy atom. The Kier molecular flexibility index (Phi) is 38.0. The van der Waals surface area contributed by atoms with Gasteiger partial charge in [-0.2, -0.15) is 0 Å². The molecule has 36 valence electrons. The summed E-state index contributed by atoms with van der Waals surface area (Å²) in [5, 5.41) is 0. The van der Waals surface area contributed by atoms with Gasteiger partial charge in [0.1, 0.15) is 0 Å². The number of hydrogen-bond donors (Lipinski definition) is 0. The van der Waals surface area contributed by atoms with E-state index in [0.29, 0.717) is 0 Å². The zero-order valence-electron chi connectivity index (χ0n) is 1.98. The second-order valence-corrected chi connectivity index (χ2v) is 0.903. The molecule has 0 heterocycles. The Morgan fingerprint density at radius 1 is 1.14 bits per heavy atom. The van der Waals surface area contributed by atoms with Crippen LogP contribution in [0.4, 0.5) is 0 Å². The third-order valence-corrected chi connectivity index (χ3v) is 0.429. The van der Waals surface area contributed by atoms with Crippen molar-refractivity contribution in [2.24, 2.45) is 0 Å². The molecule has 3 nitrogen and oxygen atoms in total. The standard InChI is InChI=1S/Cl2O3.K.Na.2H/c3-1-5-2-4;;;;. The molecule has 0 N–H and O–H groups in total. The van der Waals surface area contributed by atoms with Gasteiger partial charge in [0.2, 0.25) is 3.84 Å². The van der Waals surface area contributed by atoms with E-state index in [-0.39, 0.29) is 104 Å². The quantitative estimate of drug-likeness (QED) is 0.413. The van der Waals surface area contributed by atoms with Gasteiger partial charge in [0.05, 0.1) is 0 Å². The van der Waals surface area contributed by atoms with E-state index in [1.807, 2.05) is 0 Å². The van der Waals surface area contributed by atoms with E-state index < -0.39 is 0 Å². The average molecular weight is 183 g/mol. The Bertz CT molecular complexity index is 20.4. The van der Waals surface area contributed by atoms with Crippen LogP contribution in [0.5, 0.6) is 0 Å². The van der Waals surface area contributed by atoms with Crippen molar-refractivity contribution in [3.63, 3.8) is 0 Å². The first-order valence-corrected chi connectivity index (χ1v) is 1.85. The summed E-state index contributed by atoms with van der Waals surface area (Å²) in [6, 6.07) is 0. The normalized spacial score (nSPS) is 6.00. The molecular weight excluding hydrogens is 181 g/mol. The molecule has 0 radical (unpaired) electrons. The molecule has 0 atom stereocenters. The molecule has 0 bridgehead atoms. The maximum Gasteiger partial charge on any atom is 0.400 e. The van der Waals surface area contributed by atoms with Crippen LogP contribution in [0.15, 0.2) is 0 Å². The summed E-state index contributed by atoms with van der Waals surface area (Å²) in [6.07, 6.45) is 0. The Labute approximate surface area is 114 Å². The average Bonchev–Trinajstić information content (AvgIpc) is 1.41. The van der Waals surface area contributed by atoms with Gasteiger partial charge in [-0.05, 0) is 0 Å².